The summed E-state index contributed by atoms with van der Waals surface area (Å²) in [7, 11) is 0. The number of urea groups is 1. The Balaban J connectivity index is 2.43. The molecule has 0 aliphatic rings. The molecule has 0 unspecified atom stereocenters. The summed E-state index contributed by atoms with van der Waals surface area (Å²) in [5.41, 5.74) is -0.808. The molecule has 8 heteroatoms. The molecule has 1 atom stereocenters. The summed E-state index contributed by atoms with van der Waals surface area (Å²) < 4.78 is 42.1. The first-order valence-corrected chi connectivity index (χ1v) is 6.62. The first-order chi connectivity index (χ1) is 10.2. The van der Waals surface area contributed by atoms with Crippen LogP contribution >= 0.6 is 0 Å². The second-order valence-corrected chi connectivity index (χ2v) is 4.64. The van der Waals surface area contributed by atoms with E-state index in [9.17, 15) is 22.8 Å². The van der Waals surface area contributed by atoms with Gasteiger partial charge >= 0.3 is 12.2 Å². The van der Waals surface area contributed by atoms with Crippen molar-refractivity contribution in [1.82, 2.24) is 10.6 Å². The Bertz CT molecular complexity index is 515. The van der Waals surface area contributed by atoms with Crippen LogP contribution in [0.2, 0.25) is 0 Å². The maximum absolute atomic E-state index is 12.4. The predicted octanol–water partition coefficient (Wildman–Crippen LogP) is 2.71. The molecule has 0 aliphatic heterocycles. The van der Waals surface area contributed by atoms with Crippen molar-refractivity contribution < 1.29 is 27.5 Å². The molecule has 1 aromatic rings. The first kappa shape index (κ1) is 17.8. The molecule has 0 aromatic heterocycles. The van der Waals surface area contributed by atoms with Crippen LogP contribution < -0.4 is 15.4 Å². The van der Waals surface area contributed by atoms with Crippen molar-refractivity contribution >= 4 is 11.9 Å². The number of carbonyl (C=O) groups excluding carboxylic acids is 2. The molecule has 0 fully saturated rings. The summed E-state index contributed by atoms with van der Waals surface area (Å²) in [4.78, 5) is 22.8. The highest BCUT2D eigenvalue weighted by atomic mass is 19.4. The van der Waals surface area contributed by atoms with E-state index in [1.54, 1.807) is 6.92 Å². The van der Waals surface area contributed by atoms with Gasteiger partial charge in [0.05, 0.1) is 5.56 Å². The van der Waals surface area contributed by atoms with Crippen LogP contribution in [0.15, 0.2) is 24.3 Å². The fourth-order valence-corrected chi connectivity index (χ4v) is 1.41. The van der Waals surface area contributed by atoms with E-state index >= 15 is 0 Å². The highest BCUT2D eigenvalue weighted by Crippen LogP contribution is 2.30. The number of carbonyl (C=O) groups is 2. The van der Waals surface area contributed by atoms with Gasteiger partial charge in [0, 0.05) is 6.04 Å². The molecule has 0 radical (unpaired) electrons. The van der Waals surface area contributed by atoms with Crippen LogP contribution in [0.3, 0.4) is 0 Å². The molecule has 3 amide bonds. The van der Waals surface area contributed by atoms with Gasteiger partial charge in [-0.2, -0.15) is 13.2 Å². The highest BCUT2D eigenvalue weighted by Gasteiger charge is 2.30. The van der Waals surface area contributed by atoms with E-state index in [2.05, 4.69) is 10.6 Å². The zero-order valence-electron chi connectivity index (χ0n) is 12.2. The van der Waals surface area contributed by atoms with Gasteiger partial charge in [-0.15, -0.1) is 0 Å². The van der Waals surface area contributed by atoms with E-state index < -0.39 is 30.3 Å². The van der Waals surface area contributed by atoms with Crippen molar-refractivity contribution in [2.24, 2.45) is 0 Å². The molecule has 0 saturated heterocycles. The Labute approximate surface area is 125 Å². The molecule has 0 aliphatic carbocycles. The summed E-state index contributed by atoms with van der Waals surface area (Å²) >= 11 is 0. The smallest absolute Gasteiger partial charge is 0.416 e. The molecule has 122 valence electrons. The van der Waals surface area contributed by atoms with Crippen molar-refractivity contribution in [3.05, 3.63) is 29.8 Å². The monoisotopic (exact) mass is 318 g/mol. The molecule has 0 bridgehead atoms. The topological polar surface area (TPSA) is 67.4 Å². The number of imide groups is 1. The number of hydrogen-bond acceptors (Lipinski definition) is 3. The van der Waals surface area contributed by atoms with Gasteiger partial charge in [0.1, 0.15) is 5.75 Å². The van der Waals surface area contributed by atoms with Gasteiger partial charge in [-0.3, -0.25) is 10.1 Å². The van der Waals surface area contributed by atoms with E-state index in [1.165, 1.54) is 0 Å². The maximum Gasteiger partial charge on any atom is 0.416 e. The van der Waals surface area contributed by atoms with Crippen molar-refractivity contribution in [3.8, 4) is 5.75 Å². The standard InChI is InChI=1S/C14H17F3N2O3/c1-3-9(2)18-13(21)19-12(20)8-22-11-6-4-10(5-7-11)14(15,16)17/h4-7,9H,3,8H2,1-2H3,(H2,18,19,20,21)/t9-/m0/s1. The average molecular weight is 318 g/mol. The fraction of sp³-hybridized carbons (Fsp3) is 0.429. The van der Waals surface area contributed by atoms with Crippen LogP contribution in [0.4, 0.5) is 18.0 Å². The van der Waals surface area contributed by atoms with Gasteiger partial charge in [-0.25, -0.2) is 4.79 Å². The lowest BCUT2D eigenvalue weighted by molar-refractivity contribution is -0.137. The predicted molar refractivity (Wildman–Crippen MR) is 73.4 cm³/mol. The van der Waals surface area contributed by atoms with Crippen LogP contribution in [0.5, 0.6) is 5.75 Å². The zero-order chi connectivity index (χ0) is 16.8. The number of hydrogen-bond donors (Lipinski definition) is 2. The van der Waals surface area contributed by atoms with E-state index in [4.69, 9.17) is 4.74 Å². The summed E-state index contributed by atoms with van der Waals surface area (Å²) in [6.45, 7) is 3.18. The first-order valence-electron chi connectivity index (χ1n) is 6.62. The van der Waals surface area contributed by atoms with Gasteiger partial charge in [0.2, 0.25) is 0 Å². The summed E-state index contributed by atoms with van der Waals surface area (Å²) in [6, 6.07) is 3.19. The molecule has 2 N–H and O–H groups in total. The molecule has 0 saturated carbocycles. The van der Waals surface area contributed by atoms with Crippen LogP contribution in [0.25, 0.3) is 0 Å². The van der Waals surface area contributed by atoms with Gasteiger partial charge in [-0.05, 0) is 37.6 Å². The molecule has 22 heavy (non-hydrogen) atoms. The van der Waals surface area contributed by atoms with E-state index in [1.807, 2.05) is 6.92 Å². The fourth-order valence-electron chi connectivity index (χ4n) is 1.41. The molecule has 1 aromatic carbocycles. The normalized spacial score (nSPS) is 12.4. The van der Waals surface area contributed by atoms with Crippen LogP contribution in [0.1, 0.15) is 25.8 Å². The molecular formula is C14H17F3N2O3. The summed E-state index contributed by atoms with van der Waals surface area (Å²) in [6.07, 6.45) is -3.71. The third-order valence-corrected chi connectivity index (χ3v) is 2.79. The minimum Gasteiger partial charge on any atom is -0.484 e. The Morgan fingerprint density at radius 1 is 1.23 bits per heavy atom. The summed E-state index contributed by atoms with van der Waals surface area (Å²) in [5, 5.41) is 4.59. The number of nitrogens with one attached hydrogen (secondary N) is 2. The maximum atomic E-state index is 12.4. The van der Waals surface area contributed by atoms with E-state index in [0.29, 0.717) is 6.42 Å². The Morgan fingerprint density at radius 2 is 1.82 bits per heavy atom. The van der Waals surface area contributed by atoms with Crippen LogP contribution in [-0.4, -0.2) is 24.6 Å². The van der Waals surface area contributed by atoms with Crippen molar-refractivity contribution in [1.29, 1.82) is 0 Å². The Hall–Kier alpha value is -2.25. The van der Waals surface area contributed by atoms with Gasteiger partial charge in [0.25, 0.3) is 5.91 Å². The van der Waals surface area contributed by atoms with Gasteiger partial charge < -0.3 is 10.1 Å². The largest absolute Gasteiger partial charge is 0.484 e. The number of halogens is 3. The molecular weight excluding hydrogens is 301 g/mol. The second kappa shape index (κ2) is 7.67. The molecule has 0 heterocycles. The number of rotatable bonds is 5. The third kappa shape index (κ3) is 6.02. The lowest BCUT2D eigenvalue weighted by Gasteiger charge is -2.12. The van der Waals surface area contributed by atoms with Gasteiger partial charge in [0.15, 0.2) is 6.61 Å². The second-order valence-electron chi connectivity index (χ2n) is 4.64. The van der Waals surface area contributed by atoms with Gasteiger partial charge in [-0.1, -0.05) is 6.92 Å². The van der Waals surface area contributed by atoms with Crippen LogP contribution in [-0.2, 0) is 11.0 Å². The molecule has 1 rings (SSSR count). The van der Waals surface area contributed by atoms with Crippen LogP contribution in [0, 0.1) is 0 Å². The lowest BCUT2D eigenvalue weighted by Crippen LogP contribution is -2.44. The number of ether oxygens (including phenoxy) is 1. The number of benzene rings is 1. The van der Waals surface area contributed by atoms with Crippen molar-refractivity contribution in [2.75, 3.05) is 6.61 Å². The lowest BCUT2D eigenvalue weighted by atomic mass is 10.2. The Morgan fingerprint density at radius 3 is 2.32 bits per heavy atom. The number of amides is 3. The average Bonchev–Trinajstić information content (AvgIpc) is 2.44. The van der Waals surface area contributed by atoms with E-state index in [-0.39, 0.29) is 11.8 Å². The molecule has 5 nitrogen and oxygen atoms in total. The Kier molecular flexibility index (Phi) is 6.21. The van der Waals surface area contributed by atoms with E-state index in [0.717, 1.165) is 24.3 Å². The SMILES string of the molecule is CC[C@H](C)NC(=O)NC(=O)COc1ccc(C(F)(F)F)cc1. The highest BCUT2D eigenvalue weighted by molar-refractivity contribution is 5.95. The van der Waals surface area contributed by atoms with Crippen molar-refractivity contribution in [3.63, 3.8) is 0 Å². The van der Waals surface area contributed by atoms with Crippen molar-refractivity contribution in [2.45, 2.75) is 32.5 Å². The minimum atomic E-state index is -4.43. The quantitative estimate of drug-likeness (QED) is 0.877. The summed E-state index contributed by atoms with van der Waals surface area (Å²) in [5.74, 6) is -0.591. The minimum absolute atomic E-state index is 0.0800. The molecule has 0 spiro atoms. The number of alkyl halides is 3. The zero-order valence-corrected chi connectivity index (χ0v) is 12.2. The third-order valence-electron chi connectivity index (χ3n) is 2.79.